The molecule has 1 heterocycles. The minimum atomic E-state index is -0.334. The van der Waals surface area contributed by atoms with E-state index in [9.17, 15) is 4.79 Å². The third kappa shape index (κ3) is 3.45. The van der Waals surface area contributed by atoms with Crippen LogP contribution >= 0.6 is 11.3 Å². The number of benzene rings is 1. The topological polar surface area (TPSA) is 65.2 Å². The van der Waals surface area contributed by atoms with Gasteiger partial charge < -0.3 is 10.5 Å². The maximum Gasteiger partial charge on any atom is 0.330 e. The number of nitrogens with zero attached hydrogens (tertiary/aromatic N) is 1. The van der Waals surface area contributed by atoms with Crippen molar-refractivity contribution in [2.24, 2.45) is 0 Å². The van der Waals surface area contributed by atoms with Crippen molar-refractivity contribution in [3.8, 4) is 11.3 Å². The van der Waals surface area contributed by atoms with Crippen molar-refractivity contribution in [3.63, 3.8) is 0 Å². The summed E-state index contributed by atoms with van der Waals surface area (Å²) in [7, 11) is 0. The van der Waals surface area contributed by atoms with Crippen LogP contribution in [0.4, 0.5) is 5.13 Å². The second kappa shape index (κ2) is 6.34. The number of hydrogen-bond donors (Lipinski definition) is 1. The van der Waals surface area contributed by atoms with E-state index in [2.05, 4.69) is 4.98 Å². The largest absolute Gasteiger partial charge is 0.463 e. The fourth-order valence-corrected chi connectivity index (χ4v) is 2.50. The van der Waals surface area contributed by atoms with E-state index in [0.29, 0.717) is 11.7 Å². The predicted octanol–water partition coefficient (Wildman–Crippen LogP) is 3.28. The van der Waals surface area contributed by atoms with Gasteiger partial charge in [0.15, 0.2) is 5.13 Å². The zero-order valence-corrected chi connectivity index (χ0v) is 12.2. The Labute approximate surface area is 121 Å². The molecule has 2 rings (SSSR count). The average Bonchev–Trinajstić information content (AvgIpc) is 2.76. The van der Waals surface area contributed by atoms with Crippen LogP contribution in [0.3, 0.4) is 0 Å². The number of rotatable bonds is 4. The Hall–Kier alpha value is -2.14. The van der Waals surface area contributed by atoms with Gasteiger partial charge in [0.05, 0.1) is 12.3 Å². The molecule has 104 valence electrons. The molecule has 1 aromatic heterocycles. The molecule has 0 unspecified atom stereocenters. The summed E-state index contributed by atoms with van der Waals surface area (Å²) in [6.45, 7) is 4.16. The smallest absolute Gasteiger partial charge is 0.330 e. The van der Waals surface area contributed by atoms with Crippen molar-refractivity contribution in [2.75, 3.05) is 12.3 Å². The number of carbonyl (C=O) groups excluding carboxylic acids is 1. The molecule has 2 N–H and O–H groups in total. The molecule has 5 heteroatoms. The fraction of sp³-hybridized carbons (Fsp3) is 0.200. The van der Waals surface area contributed by atoms with Crippen LogP contribution in [0.15, 0.2) is 30.3 Å². The standard InChI is InChI=1S/C15H16N2O2S/c1-3-19-13(18)9-6-11-4-7-12(8-5-11)14-10(2)20-15(16)17-14/h4-9H,3H2,1-2H3,(H2,16,17). The number of aryl methyl sites for hydroxylation is 1. The highest BCUT2D eigenvalue weighted by atomic mass is 32.1. The maximum absolute atomic E-state index is 11.2. The zero-order valence-electron chi connectivity index (χ0n) is 11.4. The summed E-state index contributed by atoms with van der Waals surface area (Å²) in [6, 6.07) is 7.79. The minimum Gasteiger partial charge on any atom is -0.463 e. The van der Waals surface area contributed by atoms with Crippen LogP contribution in [0.2, 0.25) is 0 Å². The Morgan fingerprint density at radius 3 is 2.65 bits per heavy atom. The lowest BCUT2D eigenvalue weighted by Crippen LogP contribution is -1.98. The van der Waals surface area contributed by atoms with Crippen molar-refractivity contribution >= 4 is 28.5 Å². The van der Waals surface area contributed by atoms with Crippen molar-refractivity contribution in [2.45, 2.75) is 13.8 Å². The second-order valence-electron chi connectivity index (χ2n) is 4.16. The predicted molar refractivity (Wildman–Crippen MR) is 82.4 cm³/mol. The molecule has 0 saturated heterocycles. The zero-order chi connectivity index (χ0) is 14.5. The van der Waals surface area contributed by atoms with Crippen LogP contribution < -0.4 is 5.73 Å². The number of carbonyl (C=O) groups is 1. The van der Waals surface area contributed by atoms with Gasteiger partial charge in [-0.25, -0.2) is 9.78 Å². The molecule has 1 aromatic carbocycles. The number of thiazole rings is 1. The van der Waals surface area contributed by atoms with Gasteiger partial charge in [-0.05, 0) is 25.5 Å². The van der Waals surface area contributed by atoms with E-state index in [4.69, 9.17) is 10.5 Å². The lowest BCUT2D eigenvalue weighted by molar-refractivity contribution is -0.137. The van der Waals surface area contributed by atoms with E-state index in [1.165, 1.54) is 17.4 Å². The summed E-state index contributed by atoms with van der Waals surface area (Å²) >= 11 is 1.48. The van der Waals surface area contributed by atoms with Crippen LogP contribution in [0.1, 0.15) is 17.4 Å². The maximum atomic E-state index is 11.2. The molecule has 0 atom stereocenters. The van der Waals surface area contributed by atoms with E-state index in [-0.39, 0.29) is 5.97 Å². The van der Waals surface area contributed by atoms with E-state index in [1.54, 1.807) is 13.0 Å². The van der Waals surface area contributed by atoms with Crippen LogP contribution in [-0.2, 0) is 9.53 Å². The minimum absolute atomic E-state index is 0.334. The number of ether oxygens (including phenoxy) is 1. The van der Waals surface area contributed by atoms with E-state index >= 15 is 0 Å². The Kier molecular flexibility index (Phi) is 4.53. The summed E-state index contributed by atoms with van der Waals surface area (Å²) in [5, 5.41) is 0.573. The van der Waals surface area contributed by atoms with E-state index in [1.807, 2.05) is 31.2 Å². The van der Waals surface area contributed by atoms with Crippen molar-refractivity contribution < 1.29 is 9.53 Å². The van der Waals surface area contributed by atoms with Gasteiger partial charge in [0.25, 0.3) is 0 Å². The van der Waals surface area contributed by atoms with Gasteiger partial charge in [0.1, 0.15) is 0 Å². The van der Waals surface area contributed by atoms with Gasteiger partial charge in [-0.3, -0.25) is 0 Å². The SMILES string of the molecule is CCOC(=O)C=Cc1ccc(-c2nc(N)sc2C)cc1. The van der Waals surface area contributed by atoms with Crippen molar-refractivity contribution in [1.82, 2.24) is 4.98 Å². The molecule has 0 aliphatic carbocycles. The van der Waals surface area contributed by atoms with E-state index in [0.717, 1.165) is 21.7 Å². The third-order valence-electron chi connectivity index (χ3n) is 2.70. The summed E-state index contributed by atoms with van der Waals surface area (Å²) < 4.78 is 4.83. The molecule has 4 nitrogen and oxygen atoms in total. The second-order valence-corrected chi connectivity index (χ2v) is 5.40. The first-order valence-electron chi connectivity index (χ1n) is 6.28. The van der Waals surface area contributed by atoms with Crippen LogP contribution in [0.5, 0.6) is 0 Å². The van der Waals surface area contributed by atoms with E-state index < -0.39 is 0 Å². The van der Waals surface area contributed by atoms with Gasteiger partial charge in [0, 0.05) is 16.5 Å². The summed E-state index contributed by atoms with van der Waals surface area (Å²) in [5.74, 6) is -0.334. The highest BCUT2D eigenvalue weighted by molar-refractivity contribution is 7.15. The molecular formula is C15H16N2O2S. The van der Waals surface area contributed by atoms with Crippen molar-refractivity contribution in [3.05, 3.63) is 40.8 Å². The first-order chi connectivity index (χ1) is 9.60. The Morgan fingerprint density at radius 1 is 1.40 bits per heavy atom. The van der Waals surface area contributed by atoms with Gasteiger partial charge in [-0.1, -0.05) is 24.3 Å². The van der Waals surface area contributed by atoms with Crippen LogP contribution in [-0.4, -0.2) is 17.6 Å². The molecule has 0 aliphatic rings. The molecule has 2 aromatic rings. The Bertz CT molecular complexity index is 630. The molecular weight excluding hydrogens is 272 g/mol. The summed E-state index contributed by atoms with van der Waals surface area (Å²) in [5.41, 5.74) is 8.56. The monoisotopic (exact) mass is 288 g/mol. The fourth-order valence-electron chi connectivity index (χ4n) is 1.79. The molecule has 0 spiro atoms. The number of anilines is 1. The summed E-state index contributed by atoms with van der Waals surface area (Å²) in [6.07, 6.45) is 3.15. The number of nitrogens with two attached hydrogens (primary N) is 1. The number of aromatic nitrogens is 1. The molecule has 0 fully saturated rings. The van der Waals surface area contributed by atoms with Gasteiger partial charge in [-0.15, -0.1) is 11.3 Å². The number of esters is 1. The number of hydrogen-bond acceptors (Lipinski definition) is 5. The molecule has 0 amide bonds. The summed E-state index contributed by atoms with van der Waals surface area (Å²) in [4.78, 5) is 16.6. The molecule has 0 radical (unpaired) electrons. The molecule has 0 bridgehead atoms. The quantitative estimate of drug-likeness (QED) is 0.692. The van der Waals surface area contributed by atoms with Gasteiger partial charge in [0.2, 0.25) is 0 Å². The first kappa shape index (κ1) is 14.3. The Morgan fingerprint density at radius 2 is 2.10 bits per heavy atom. The first-order valence-corrected chi connectivity index (χ1v) is 7.10. The van der Waals surface area contributed by atoms with Crippen LogP contribution in [0, 0.1) is 6.92 Å². The normalized spacial score (nSPS) is 10.9. The highest BCUT2D eigenvalue weighted by Crippen LogP contribution is 2.28. The van der Waals surface area contributed by atoms with Gasteiger partial charge >= 0.3 is 5.97 Å². The highest BCUT2D eigenvalue weighted by Gasteiger charge is 2.07. The van der Waals surface area contributed by atoms with Crippen molar-refractivity contribution in [1.29, 1.82) is 0 Å². The lowest BCUT2D eigenvalue weighted by Gasteiger charge is -2.00. The molecule has 0 saturated carbocycles. The Balaban J connectivity index is 2.14. The third-order valence-corrected chi connectivity index (χ3v) is 3.50. The number of nitrogen functional groups attached to an aromatic ring is 1. The average molecular weight is 288 g/mol. The molecule has 20 heavy (non-hydrogen) atoms. The lowest BCUT2D eigenvalue weighted by atomic mass is 10.1. The van der Waals surface area contributed by atoms with Crippen LogP contribution in [0.25, 0.3) is 17.3 Å². The molecule has 0 aliphatic heterocycles. The van der Waals surface area contributed by atoms with Gasteiger partial charge in [-0.2, -0.15) is 0 Å².